The maximum atomic E-state index is 10.6. The number of nitro groups is 1. The molecular weight excluding hydrogens is 302 g/mol. The van der Waals surface area contributed by atoms with E-state index in [0.29, 0.717) is 5.56 Å². The molecule has 0 unspecified atom stereocenters. The van der Waals surface area contributed by atoms with Gasteiger partial charge in [-0.1, -0.05) is 22.4 Å². The van der Waals surface area contributed by atoms with Gasteiger partial charge in [0.05, 0.1) is 16.3 Å². The van der Waals surface area contributed by atoms with Gasteiger partial charge in [0.15, 0.2) is 0 Å². The van der Waals surface area contributed by atoms with Crippen molar-refractivity contribution in [3.63, 3.8) is 0 Å². The van der Waals surface area contributed by atoms with Gasteiger partial charge >= 0.3 is 0 Å². The third kappa shape index (κ3) is 3.62. The Balaban J connectivity index is 2.28. The van der Waals surface area contributed by atoms with Gasteiger partial charge in [-0.2, -0.15) is 0 Å². The van der Waals surface area contributed by atoms with Crippen LogP contribution in [-0.4, -0.2) is 31.9 Å². The molecule has 0 spiro atoms. The lowest BCUT2D eigenvalue weighted by Gasteiger charge is -2.08. The first-order valence-electron chi connectivity index (χ1n) is 6.52. The van der Waals surface area contributed by atoms with Crippen molar-refractivity contribution in [1.29, 1.82) is 0 Å². The van der Waals surface area contributed by atoms with Crippen molar-refractivity contribution in [2.45, 2.75) is 6.42 Å². The number of nitrogens with zero attached hydrogens (tertiary/aromatic N) is 3. The molecule has 0 heterocycles. The number of hydrogen-bond acceptors (Lipinski definition) is 7. The van der Waals surface area contributed by atoms with E-state index in [2.05, 4.69) is 10.3 Å². The van der Waals surface area contributed by atoms with E-state index < -0.39 is 4.92 Å². The lowest BCUT2D eigenvalue weighted by molar-refractivity contribution is -0.384. The highest BCUT2D eigenvalue weighted by atomic mass is 16.6. The summed E-state index contributed by atoms with van der Waals surface area (Å²) < 4.78 is 0. The lowest BCUT2D eigenvalue weighted by atomic mass is 9.99. The first-order chi connectivity index (χ1) is 11.1. The zero-order chi connectivity index (χ0) is 16.8. The largest absolute Gasteiger partial charge is 0.507 e. The van der Waals surface area contributed by atoms with Crippen LogP contribution >= 0.6 is 0 Å². The Morgan fingerprint density at radius 2 is 1.61 bits per heavy atom. The predicted molar refractivity (Wildman–Crippen MR) is 82.5 cm³/mol. The summed E-state index contributed by atoms with van der Waals surface area (Å²) in [6.45, 7) is 0. The maximum absolute atomic E-state index is 10.6. The lowest BCUT2D eigenvalue weighted by Crippen LogP contribution is -2.11. The van der Waals surface area contributed by atoms with E-state index >= 15 is 0 Å². The number of nitro benzene ring substituents is 1. The Kier molecular flexibility index (Phi) is 4.88. The first-order valence-corrected chi connectivity index (χ1v) is 6.52. The van der Waals surface area contributed by atoms with E-state index in [4.69, 9.17) is 5.21 Å². The van der Waals surface area contributed by atoms with Gasteiger partial charge in [-0.3, -0.25) is 10.1 Å². The molecule has 2 aromatic carbocycles. The van der Waals surface area contributed by atoms with Crippen LogP contribution in [0.2, 0.25) is 0 Å². The summed E-state index contributed by atoms with van der Waals surface area (Å²) in [5.74, 6) is -0.0821. The number of aromatic hydroxyl groups is 1. The number of phenols is 1. The zero-order valence-electron chi connectivity index (χ0n) is 11.8. The van der Waals surface area contributed by atoms with Gasteiger partial charge in [-0.25, -0.2) is 0 Å². The first kappa shape index (κ1) is 16.0. The van der Waals surface area contributed by atoms with Gasteiger partial charge in [0.1, 0.15) is 5.75 Å². The average Bonchev–Trinajstić information content (AvgIpc) is 2.57. The molecule has 3 N–H and O–H groups in total. The number of benzene rings is 2. The SMILES string of the molecule is O=[N+]([O-])c1ccc(/C(C/C(=N\O)c2ccccc2O)=N/O)cc1. The monoisotopic (exact) mass is 315 g/mol. The normalized spacial score (nSPS) is 12.2. The van der Waals surface area contributed by atoms with Crippen molar-refractivity contribution in [1.82, 2.24) is 0 Å². The molecule has 23 heavy (non-hydrogen) atoms. The fourth-order valence-corrected chi connectivity index (χ4v) is 2.03. The Bertz CT molecular complexity index is 769. The molecular formula is C15H13N3O5. The van der Waals surface area contributed by atoms with Gasteiger partial charge in [0.2, 0.25) is 0 Å². The van der Waals surface area contributed by atoms with Crippen molar-refractivity contribution >= 4 is 17.1 Å². The van der Waals surface area contributed by atoms with Crippen LogP contribution in [0.3, 0.4) is 0 Å². The average molecular weight is 315 g/mol. The van der Waals surface area contributed by atoms with E-state index in [0.717, 1.165) is 0 Å². The summed E-state index contributed by atoms with van der Waals surface area (Å²) in [5.41, 5.74) is 0.848. The van der Waals surface area contributed by atoms with Crippen molar-refractivity contribution in [3.05, 3.63) is 69.8 Å². The third-order valence-corrected chi connectivity index (χ3v) is 3.20. The van der Waals surface area contributed by atoms with Crippen LogP contribution in [0.5, 0.6) is 5.75 Å². The quantitative estimate of drug-likeness (QED) is 0.338. The molecule has 2 aromatic rings. The molecule has 0 fully saturated rings. The molecule has 0 saturated carbocycles. The highest BCUT2D eigenvalue weighted by molar-refractivity contribution is 6.18. The van der Waals surface area contributed by atoms with E-state index in [9.17, 15) is 20.4 Å². The maximum Gasteiger partial charge on any atom is 0.269 e. The zero-order valence-corrected chi connectivity index (χ0v) is 11.8. The highest BCUT2D eigenvalue weighted by Crippen LogP contribution is 2.20. The van der Waals surface area contributed by atoms with Crippen LogP contribution in [0.1, 0.15) is 17.5 Å². The molecule has 0 aliphatic rings. The van der Waals surface area contributed by atoms with Gasteiger partial charge in [-0.15, -0.1) is 0 Å². The number of para-hydroxylation sites is 1. The molecule has 0 atom stereocenters. The van der Waals surface area contributed by atoms with Crippen molar-refractivity contribution in [3.8, 4) is 5.75 Å². The third-order valence-electron chi connectivity index (χ3n) is 3.20. The van der Waals surface area contributed by atoms with Gasteiger partial charge in [0.25, 0.3) is 5.69 Å². The Morgan fingerprint density at radius 1 is 1.00 bits per heavy atom. The molecule has 8 nitrogen and oxygen atoms in total. The molecule has 0 aromatic heterocycles. The minimum absolute atomic E-state index is 0.0810. The summed E-state index contributed by atoms with van der Waals surface area (Å²) >= 11 is 0. The molecule has 0 saturated heterocycles. The van der Waals surface area contributed by atoms with Crippen molar-refractivity contribution in [2.75, 3.05) is 0 Å². The Morgan fingerprint density at radius 3 is 2.13 bits per heavy atom. The summed E-state index contributed by atoms with van der Waals surface area (Å²) in [7, 11) is 0. The molecule has 118 valence electrons. The van der Waals surface area contributed by atoms with Gasteiger partial charge < -0.3 is 15.5 Å². The summed E-state index contributed by atoms with van der Waals surface area (Å²) in [6, 6.07) is 11.6. The van der Waals surface area contributed by atoms with E-state index in [-0.39, 0.29) is 34.8 Å². The smallest absolute Gasteiger partial charge is 0.269 e. The molecule has 0 aliphatic heterocycles. The topological polar surface area (TPSA) is 129 Å². The summed E-state index contributed by atoms with van der Waals surface area (Å²) in [4.78, 5) is 10.1. The fourth-order valence-electron chi connectivity index (χ4n) is 2.03. The second-order valence-corrected chi connectivity index (χ2v) is 4.59. The van der Waals surface area contributed by atoms with Crippen LogP contribution < -0.4 is 0 Å². The van der Waals surface area contributed by atoms with Crippen LogP contribution in [0.25, 0.3) is 0 Å². The van der Waals surface area contributed by atoms with Crippen LogP contribution in [-0.2, 0) is 0 Å². The molecule has 2 rings (SSSR count). The van der Waals surface area contributed by atoms with E-state index in [1.54, 1.807) is 18.2 Å². The standard InChI is InChI=1S/C15H13N3O5/c19-15-4-2-1-3-12(15)14(17-21)9-13(16-20)10-5-7-11(8-6-10)18(22)23/h1-8,19-21H,9H2/b16-13+,17-14+. The second kappa shape index (κ2) is 7.03. The minimum atomic E-state index is -0.540. The summed E-state index contributed by atoms with van der Waals surface area (Å²) in [5, 5.41) is 45.1. The Hall–Kier alpha value is -3.42. The predicted octanol–water partition coefficient (Wildman–Crippen LogP) is 2.75. The number of hydrogen-bond donors (Lipinski definition) is 3. The number of non-ortho nitro benzene ring substituents is 1. The van der Waals surface area contributed by atoms with Crippen LogP contribution in [0, 0.1) is 10.1 Å². The van der Waals surface area contributed by atoms with E-state index in [1.807, 2.05) is 0 Å². The minimum Gasteiger partial charge on any atom is -0.507 e. The Labute approximate surface area is 130 Å². The molecule has 0 radical (unpaired) electrons. The van der Waals surface area contributed by atoms with Crippen molar-refractivity contribution in [2.24, 2.45) is 10.3 Å². The fraction of sp³-hybridized carbons (Fsp3) is 0.0667. The molecule has 0 amide bonds. The second-order valence-electron chi connectivity index (χ2n) is 4.59. The molecule has 8 heteroatoms. The van der Waals surface area contributed by atoms with Gasteiger partial charge in [-0.05, 0) is 24.3 Å². The summed E-state index contributed by atoms with van der Waals surface area (Å²) in [6.07, 6.45) is -0.0810. The van der Waals surface area contributed by atoms with Crippen molar-refractivity contribution < 1.29 is 20.4 Å². The van der Waals surface area contributed by atoms with Crippen LogP contribution in [0.15, 0.2) is 58.8 Å². The van der Waals surface area contributed by atoms with Crippen LogP contribution in [0.4, 0.5) is 5.69 Å². The highest BCUT2D eigenvalue weighted by Gasteiger charge is 2.15. The number of rotatable bonds is 5. The number of oxime groups is 2. The number of phenolic OH excluding ortho intramolecular Hbond substituents is 1. The van der Waals surface area contributed by atoms with Gasteiger partial charge in [0, 0.05) is 29.7 Å². The molecule has 0 bridgehead atoms. The molecule has 0 aliphatic carbocycles. The van der Waals surface area contributed by atoms with E-state index in [1.165, 1.54) is 30.3 Å².